The smallest absolute Gasteiger partial charge is 0.223 e. The van der Waals surface area contributed by atoms with E-state index < -0.39 is 0 Å². The third-order valence-electron chi connectivity index (χ3n) is 4.12. The van der Waals surface area contributed by atoms with Crippen LogP contribution in [0.1, 0.15) is 16.7 Å². The van der Waals surface area contributed by atoms with E-state index in [0.29, 0.717) is 11.5 Å². The van der Waals surface area contributed by atoms with E-state index in [4.69, 9.17) is 11.5 Å². The standard InChI is InChI=1S/C18H17N5/c1-10-5-7-11(8-6-10)9-12-3-2-4-13-14(12)15-16(19)22-18(20)23-17(15)21-13/h2-8H,9H2,1H3,(H5,19,20,21,22,23). The summed E-state index contributed by atoms with van der Waals surface area (Å²) in [6, 6.07) is 14.7. The molecular formula is C18H17N5. The van der Waals surface area contributed by atoms with E-state index >= 15 is 0 Å². The summed E-state index contributed by atoms with van der Waals surface area (Å²) in [5, 5.41) is 1.91. The number of hydrogen-bond acceptors (Lipinski definition) is 4. The SMILES string of the molecule is Cc1ccc(Cc2cccc3[nH]c4nc(N)nc(N)c4c23)cc1. The molecule has 0 spiro atoms. The first-order chi connectivity index (χ1) is 11.1. The number of rotatable bonds is 2. The van der Waals surface area contributed by atoms with Crippen molar-refractivity contribution in [1.82, 2.24) is 15.0 Å². The fourth-order valence-electron chi connectivity index (χ4n) is 3.03. The van der Waals surface area contributed by atoms with E-state index in [1.807, 2.05) is 12.1 Å². The maximum atomic E-state index is 6.10. The van der Waals surface area contributed by atoms with Crippen molar-refractivity contribution in [3.8, 4) is 0 Å². The lowest BCUT2D eigenvalue weighted by Crippen LogP contribution is -2.00. The Morgan fingerprint density at radius 3 is 2.52 bits per heavy atom. The molecule has 0 fully saturated rings. The van der Waals surface area contributed by atoms with Gasteiger partial charge in [0.25, 0.3) is 0 Å². The molecular weight excluding hydrogens is 286 g/mol. The highest BCUT2D eigenvalue weighted by Gasteiger charge is 2.14. The van der Waals surface area contributed by atoms with Crippen molar-refractivity contribution in [3.63, 3.8) is 0 Å². The molecule has 0 radical (unpaired) electrons. The van der Waals surface area contributed by atoms with Crippen molar-refractivity contribution in [2.24, 2.45) is 0 Å². The normalized spacial score (nSPS) is 11.3. The zero-order valence-corrected chi connectivity index (χ0v) is 12.8. The number of nitrogens with two attached hydrogens (primary N) is 2. The van der Waals surface area contributed by atoms with Gasteiger partial charge in [-0.2, -0.15) is 9.97 Å². The van der Waals surface area contributed by atoms with Crippen molar-refractivity contribution in [1.29, 1.82) is 0 Å². The van der Waals surface area contributed by atoms with Gasteiger partial charge in [0.05, 0.1) is 5.39 Å². The predicted octanol–water partition coefficient (Wildman–Crippen LogP) is 3.17. The largest absolute Gasteiger partial charge is 0.383 e. The first kappa shape index (κ1) is 13.6. The van der Waals surface area contributed by atoms with Gasteiger partial charge in [-0.25, -0.2) is 0 Å². The molecule has 0 aliphatic heterocycles. The molecule has 5 nitrogen and oxygen atoms in total. The number of fused-ring (bicyclic) bond motifs is 3. The third-order valence-corrected chi connectivity index (χ3v) is 4.12. The summed E-state index contributed by atoms with van der Waals surface area (Å²) < 4.78 is 0. The second-order valence-corrected chi connectivity index (χ2v) is 5.82. The number of nitrogens with one attached hydrogen (secondary N) is 1. The maximum absolute atomic E-state index is 6.10. The molecule has 5 heteroatoms. The molecule has 114 valence electrons. The lowest BCUT2D eigenvalue weighted by Gasteiger charge is -2.06. The highest BCUT2D eigenvalue weighted by molar-refractivity contribution is 6.12. The number of hydrogen-bond donors (Lipinski definition) is 3. The van der Waals surface area contributed by atoms with Crippen molar-refractivity contribution in [2.45, 2.75) is 13.3 Å². The first-order valence-electron chi connectivity index (χ1n) is 7.49. The van der Waals surface area contributed by atoms with E-state index in [0.717, 1.165) is 22.7 Å². The maximum Gasteiger partial charge on any atom is 0.223 e. The van der Waals surface area contributed by atoms with E-state index in [2.05, 4.69) is 52.2 Å². The Hall–Kier alpha value is -3.08. The Morgan fingerprint density at radius 2 is 1.74 bits per heavy atom. The number of H-pyrrole nitrogens is 1. The van der Waals surface area contributed by atoms with Crippen LogP contribution in [0, 0.1) is 6.92 Å². The van der Waals surface area contributed by atoms with Gasteiger partial charge in [0.1, 0.15) is 11.5 Å². The molecule has 0 amide bonds. The number of aromatic nitrogens is 3. The number of anilines is 2. The molecule has 2 aromatic carbocycles. The van der Waals surface area contributed by atoms with Crippen LogP contribution in [0.2, 0.25) is 0 Å². The van der Waals surface area contributed by atoms with E-state index in [-0.39, 0.29) is 5.95 Å². The molecule has 0 saturated carbocycles. The highest BCUT2D eigenvalue weighted by atomic mass is 15.1. The van der Waals surface area contributed by atoms with Crippen molar-refractivity contribution >= 4 is 33.7 Å². The molecule has 5 N–H and O–H groups in total. The molecule has 4 aromatic rings. The zero-order chi connectivity index (χ0) is 16.0. The van der Waals surface area contributed by atoms with Crippen LogP contribution in [0.4, 0.5) is 11.8 Å². The Bertz CT molecular complexity index is 1020. The summed E-state index contributed by atoms with van der Waals surface area (Å²) in [4.78, 5) is 11.7. The lowest BCUT2D eigenvalue weighted by atomic mass is 9.99. The number of benzene rings is 2. The van der Waals surface area contributed by atoms with Crippen LogP contribution in [0.5, 0.6) is 0 Å². The summed E-state index contributed by atoms with van der Waals surface area (Å²) >= 11 is 0. The average Bonchev–Trinajstić information content (AvgIpc) is 2.89. The lowest BCUT2D eigenvalue weighted by molar-refractivity contribution is 1.21. The topological polar surface area (TPSA) is 93.6 Å². The molecule has 0 aliphatic carbocycles. The van der Waals surface area contributed by atoms with Crippen LogP contribution in [-0.4, -0.2) is 15.0 Å². The third kappa shape index (κ3) is 2.26. The van der Waals surface area contributed by atoms with Crippen LogP contribution < -0.4 is 11.5 Å². The minimum absolute atomic E-state index is 0.182. The first-order valence-corrected chi connectivity index (χ1v) is 7.49. The van der Waals surface area contributed by atoms with Gasteiger partial charge in [-0.05, 0) is 30.5 Å². The molecule has 0 atom stereocenters. The van der Waals surface area contributed by atoms with E-state index in [1.54, 1.807) is 0 Å². The fourth-order valence-corrected chi connectivity index (χ4v) is 3.03. The van der Waals surface area contributed by atoms with Crippen LogP contribution in [0.3, 0.4) is 0 Å². The zero-order valence-electron chi connectivity index (χ0n) is 12.8. The van der Waals surface area contributed by atoms with Crippen molar-refractivity contribution < 1.29 is 0 Å². The molecule has 0 saturated heterocycles. The van der Waals surface area contributed by atoms with Gasteiger partial charge in [-0.1, -0.05) is 42.0 Å². The average molecular weight is 303 g/mol. The summed E-state index contributed by atoms with van der Waals surface area (Å²) in [5.41, 5.74) is 17.2. The molecule has 23 heavy (non-hydrogen) atoms. The fraction of sp³-hybridized carbons (Fsp3) is 0.111. The van der Waals surface area contributed by atoms with Gasteiger partial charge in [-0.15, -0.1) is 0 Å². The Balaban J connectivity index is 1.94. The van der Waals surface area contributed by atoms with Crippen LogP contribution >= 0.6 is 0 Å². The van der Waals surface area contributed by atoms with Gasteiger partial charge in [-0.3, -0.25) is 0 Å². The Kier molecular flexibility index (Phi) is 2.94. The molecule has 2 aromatic heterocycles. The number of aryl methyl sites for hydroxylation is 1. The summed E-state index contributed by atoms with van der Waals surface area (Å²) in [7, 11) is 0. The molecule has 0 unspecified atom stereocenters. The predicted molar refractivity (Wildman–Crippen MR) is 94.2 cm³/mol. The number of aromatic amines is 1. The minimum atomic E-state index is 0.182. The number of nitrogens with zero attached hydrogens (tertiary/aromatic N) is 2. The summed E-state index contributed by atoms with van der Waals surface area (Å²) in [5.74, 6) is 0.594. The van der Waals surface area contributed by atoms with Crippen LogP contribution in [0.25, 0.3) is 21.9 Å². The summed E-state index contributed by atoms with van der Waals surface area (Å²) in [6.45, 7) is 2.09. The minimum Gasteiger partial charge on any atom is -0.383 e. The Morgan fingerprint density at radius 1 is 0.957 bits per heavy atom. The van der Waals surface area contributed by atoms with E-state index in [1.165, 1.54) is 16.7 Å². The van der Waals surface area contributed by atoms with Gasteiger partial charge in [0.15, 0.2) is 0 Å². The molecule has 0 bridgehead atoms. The quantitative estimate of drug-likeness (QED) is 0.530. The molecule has 2 heterocycles. The second-order valence-electron chi connectivity index (χ2n) is 5.82. The van der Waals surface area contributed by atoms with Crippen molar-refractivity contribution in [3.05, 3.63) is 59.2 Å². The molecule has 0 aliphatic rings. The van der Waals surface area contributed by atoms with Gasteiger partial charge in [0, 0.05) is 10.9 Å². The monoisotopic (exact) mass is 303 g/mol. The van der Waals surface area contributed by atoms with Crippen LogP contribution in [0.15, 0.2) is 42.5 Å². The highest BCUT2D eigenvalue weighted by Crippen LogP contribution is 2.32. The molecule has 4 rings (SSSR count). The number of nitrogen functional groups attached to an aromatic ring is 2. The summed E-state index contributed by atoms with van der Waals surface area (Å²) in [6.07, 6.45) is 0.828. The van der Waals surface area contributed by atoms with Gasteiger partial charge in [0.2, 0.25) is 5.95 Å². The van der Waals surface area contributed by atoms with Gasteiger partial charge >= 0.3 is 0 Å². The van der Waals surface area contributed by atoms with Gasteiger partial charge < -0.3 is 16.5 Å². The van der Waals surface area contributed by atoms with Crippen LogP contribution in [-0.2, 0) is 6.42 Å². The van der Waals surface area contributed by atoms with E-state index in [9.17, 15) is 0 Å². The van der Waals surface area contributed by atoms with Crippen molar-refractivity contribution in [2.75, 3.05) is 11.5 Å². The second kappa shape index (κ2) is 4.98. The Labute approximate surface area is 133 Å².